The number of carbonyl (C=O) groups excluding carboxylic acids is 1. The minimum Gasteiger partial charge on any atom is -0.296 e. The Morgan fingerprint density at radius 2 is 1.87 bits per heavy atom. The number of aryl methyl sites for hydroxylation is 2. The first kappa shape index (κ1) is 21.8. The lowest BCUT2D eigenvalue weighted by Crippen LogP contribution is -2.14. The molecule has 0 saturated heterocycles. The van der Waals surface area contributed by atoms with E-state index in [1.165, 1.54) is 54.7 Å². The summed E-state index contributed by atoms with van der Waals surface area (Å²) in [6.07, 6.45) is 2.89. The van der Waals surface area contributed by atoms with Crippen LogP contribution in [0.4, 0.5) is 15.2 Å². The van der Waals surface area contributed by atoms with E-state index in [1.807, 2.05) is 0 Å². The van der Waals surface area contributed by atoms with Gasteiger partial charge in [0.1, 0.15) is 10.8 Å². The average molecular weight is 449 g/mol. The van der Waals surface area contributed by atoms with E-state index in [0.29, 0.717) is 10.7 Å². The van der Waals surface area contributed by atoms with Crippen LogP contribution in [-0.2, 0) is 16.4 Å². The summed E-state index contributed by atoms with van der Waals surface area (Å²) < 4.78 is 40.8. The van der Waals surface area contributed by atoms with E-state index in [9.17, 15) is 17.6 Å². The predicted molar refractivity (Wildman–Crippen MR) is 115 cm³/mol. The highest BCUT2D eigenvalue weighted by molar-refractivity contribution is 7.92. The van der Waals surface area contributed by atoms with E-state index in [0.717, 1.165) is 30.3 Å². The van der Waals surface area contributed by atoms with Crippen molar-refractivity contribution < 1.29 is 17.6 Å². The van der Waals surface area contributed by atoms with E-state index < -0.39 is 15.8 Å². The molecule has 0 bridgehead atoms. The number of nitrogens with one attached hydrogen (secondary N) is 2. The van der Waals surface area contributed by atoms with Gasteiger partial charge in [-0.2, -0.15) is 0 Å². The number of nitrogens with zero attached hydrogens (tertiary/aromatic N) is 2. The Kier molecular flexibility index (Phi) is 6.78. The van der Waals surface area contributed by atoms with Gasteiger partial charge in [0.15, 0.2) is 0 Å². The van der Waals surface area contributed by atoms with Gasteiger partial charge in [-0.15, -0.1) is 10.2 Å². The molecule has 2 N–H and O–H groups in total. The highest BCUT2D eigenvalue weighted by atomic mass is 32.2. The van der Waals surface area contributed by atoms with Crippen LogP contribution >= 0.6 is 11.3 Å². The third-order valence-electron chi connectivity index (χ3n) is 4.27. The van der Waals surface area contributed by atoms with Gasteiger partial charge in [0.05, 0.1) is 4.90 Å². The highest BCUT2D eigenvalue weighted by Gasteiger charge is 2.16. The van der Waals surface area contributed by atoms with E-state index >= 15 is 0 Å². The number of halogens is 1. The predicted octanol–water partition coefficient (Wildman–Crippen LogP) is 4.38. The molecule has 0 radical (unpaired) electrons. The van der Waals surface area contributed by atoms with Crippen molar-refractivity contribution in [3.05, 3.63) is 64.4 Å². The lowest BCUT2D eigenvalue weighted by Gasteiger charge is -2.09. The van der Waals surface area contributed by atoms with Gasteiger partial charge in [0, 0.05) is 17.7 Å². The second-order valence-corrected chi connectivity index (χ2v) is 9.40. The molecule has 0 saturated carbocycles. The van der Waals surface area contributed by atoms with Crippen LogP contribution < -0.4 is 10.0 Å². The monoisotopic (exact) mass is 448 g/mol. The Balaban J connectivity index is 1.66. The SMILES string of the molecule is CCCCc1nnc(NC(=O)c2ccc(NS(=O)(=O)c3ccc(F)c(C)c3)cc2)s1. The van der Waals surface area contributed by atoms with Crippen molar-refractivity contribution in [3.63, 3.8) is 0 Å². The van der Waals surface area contributed by atoms with Crippen LogP contribution in [0, 0.1) is 12.7 Å². The number of aromatic nitrogens is 2. The molecule has 0 atom stereocenters. The molecular formula is C20H21FN4O3S2. The first-order chi connectivity index (χ1) is 14.3. The van der Waals surface area contributed by atoms with Crippen molar-refractivity contribution in [2.45, 2.75) is 38.0 Å². The molecule has 10 heteroatoms. The summed E-state index contributed by atoms with van der Waals surface area (Å²) in [5.41, 5.74) is 0.867. The molecule has 0 fully saturated rings. The highest BCUT2D eigenvalue weighted by Crippen LogP contribution is 2.21. The lowest BCUT2D eigenvalue weighted by atomic mass is 10.2. The van der Waals surface area contributed by atoms with E-state index in [4.69, 9.17) is 0 Å². The minimum atomic E-state index is -3.87. The molecule has 2 aromatic carbocycles. The summed E-state index contributed by atoms with van der Waals surface area (Å²) >= 11 is 1.33. The number of carbonyl (C=O) groups is 1. The molecule has 3 aromatic rings. The number of anilines is 2. The molecular weight excluding hydrogens is 427 g/mol. The fourth-order valence-electron chi connectivity index (χ4n) is 2.59. The van der Waals surface area contributed by atoms with Gasteiger partial charge >= 0.3 is 0 Å². The van der Waals surface area contributed by atoms with Gasteiger partial charge in [0.2, 0.25) is 5.13 Å². The maximum Gasteiger partial charge on any atom is 0.261 e. The molecule has 3 rings (SSSR count). The summed E-state index contributed by atoms with van der Waals surface area (Å²) in [6.45, 7) is 3.58. The van der Waals surface area contributed by atoms with Crippen LogP contribution in [-0.4, -0.2) is 24.5 Å². The first-order valence-electron chi connectivity index (χ1n) is 9.31. The molecule has 30 heavy (non-hydrogen) atoms. The van der Waals surface area contributed by atoms with Crippen LogP contribution in [0.5, 0.6) is 0 Å². The average Bonchev–Trinajstić information content (AvgIpc) is 3.15. The summed E-state index contributed by atoms with van der Waals surface area (Å²) in [7, 11) is -3.87. The zero-order valence-corrected chi connectivity index (χ0v) is 18.1. The maximum atomic E-state index is 13.4. The lowest BCUT2D eigenvalue weighted by molar-refractivity contribution is 0.102. The molecule has 0 aliphatic carbocycles. The van der Waals surface area contributed by atoms with Gasteiger partial charge < -0.3 is 0 Å². The third kappa shape index (κ3) is 5.39. The van der Waals surface area contributed by atoms with Crippen LogP contribution in [0.25, 0.3) is 0 Å². The normalized spacial score (nSPS) is 11.3. The molecule has 158 valence electrons. The Bertz CT molecular complexity index is 1150. The van der Waals surface area contributed by atoms with Crippen molar-refractivity contribution in [3.8, 4) is 0 Å². The number of unbranched alkanes of at least 4 members (excludes halogenated alkanes) is 1. The molecule has 1 heterocycles. The van der Waals surface area contributed by atoms with Gasteiger partial charge in [-0.25, -0.2) is 12.8 Å². The largest absolute Gasteiger partial charge is 0.296 e. The minimum absolute atomic E-state index is 0.0432. The molecule has 0 unspecified atom stereocenters. The molecule has 0 aliphatic rings. The van der Waals surface area contributed by atoms with Crippen LogP contribution in [0.1, 0.15) is 40.7 Å². The van der Waals surface area contributed by atoms with Crippen molar-refractivity contribution in [1.82, 2.24) is 10.2 Å². The second kappa shape index (κ2) is 9.31. The van der Waals surface area contributed by atoms with Crippen molar-refractivity contribution in [2.24, 2.45) is 0 Å². The maximum absolute atomic E-state index is 13.4. The third-order valence-corrected chi connectivity index (χ3v) is 6.55. The van der Waals surface area contributed by atoms with Crippen molar-refractivity contribution in [2.75, 3.05) is 10.0 Å². The number of sulfonamides is 1. The van der Waals surface area contributed by atoms with Crippen LogP contribution in [0.2, 0.25) is 0 Å². The van der Waals surface area contributed by atoms with Crippen LogP contribution in [0.15, 0.2) is 47.4 Å². The zero-order chi connectivity index (χ0) is 21.7. The van der Waals surface area contributed by atoms with E-state index in [2.05, 4.69) is 27.2 Å². The Labute approximate surface area is 178 Å². The molecule has 7 nitrogen and oxygen atoms in total. The Morgan fingerprint density at radius 1 is 1.13 bits per heavy atom. The molecule has 1 amide bonds. The number of hydrogen-bond acceptors (Lipinski definition) is 6. The Morgan fingerprint density at radius 3 is 2.53 bits per heavy atom. The van der Waals surface area contributed by atoms with E-state index in [-0.39, 0.29) is 22.1 Å². The number of hydrogen-bond donors (Lipinski definition) is 2. The molecule has 0 spiro atoms. The first-order valence-corrected chi connectivity index (χ1v) is 11.6. The fraction of sp³-hybridized carbons (Fsp3) is 0.250. The van der Waals surface area contributed by atoms with Crippen molar-refractivity contribution in [1.29, 1.82) is 0 Å². The Hall–Kier alpha value is -2.85. The summed E-state index contributed by atoms with van der Waals surface area (Å²) in [5.74, 6) is -0.839. The smallest absolute Gasteiger partial charge is 0.261 e. The topological polar surface area (TPSA) is 101 Å². The molecule has 1 aromatic heterocycles. The fourth-order valence-corrected chi connectivity index (χ4v) is 4.51. The van der Waals surface area contributed by atoms with Gasteiger partial charge in [-0.05, 0) is 61.4 Å². The number of benzene rings is 2. The number of rotatable bonds is 8. The van der Waals surface area contributed by atoms with E-state index in [1.54, 1.807) is 0 Å². The standard InChI is InChI=1S/C20H21FN4O3S2/c1-3-4-5-18-23-24-20(29-18)22-19(26)14-6-8-15(9-7-14)25-30(27,28)16-10-11-17(21)13(2)12-16/h6-12,25H,3-5H2,1-2H3,(H,22,24,26). The molecule has 0 aliphatic heterocycles. The second-order valence-electron chi connectivity index (χ2n) is 6.65. The van der Waals surface area contributed by atoms with Gasteiger partial charge in [0.25, 0.3) is 15.9 Å². The van der Waals surface area contributed by atoms with Gasteiger partial charge in [-0.3, -0.25) is 14.8 Å². The summed E-state index contributed by atoms with van der Waals surface area (Å²) in [4.78, 5) is 12.3. The zero-order valence-electron chi connectivity index (χ0n) is 16.5. The number of amides is 1. The summed E-state index contributed by atoms with van der Waals surface area (Å²) in [6, 6.07) is 9.54. The summed E-state index contributed by atoms with van der Waals surface area (Å²) in [5, 5.41) is 12.0. The van der Waals surface area contributed by atoms with Gasteiger partial charge in [-0.1, -0.05) is 24.7 Å². The quantitative estimate of drug-likeness (QED) is 0.533. The van der Waals surface area contributed by atoms with Crippen molar-refractivity contribution >= 4 is 38.1 Å². The van der Waals surface area contributed by atoms with Crippen LogP contribution in [0.3, 0.4) is 0 Å².